The van der Waals surface area contributed by atoms with Crippen molar-refractivity contribution in [3.63, 3.8) is 0 Å². The van der Waals surface area contributed by atoms with Crippen LogP contribution in [0.3, 0.4) is 0 Å². The van der Waals surface area contributed by atoms with E-state index in [2.05, 4.69) is 20.4 Å². The SMILES string of the molecule is CN(C)C1CCN(C(=O)c2noc(C3CCCN3)n2)C1. The molecule has 7 nitrogen and oxygen atoms in total. The van der Waals surface area contributed by atoms with Crippen molar-refractivity contribution in [3.05, 3.63) is 11.7 Å². The van der Waals surface area contributed by atoms with Crippen LogP contribution in [-0.2, 0) is 0 Å². The van der Waals surface area contributed by atoms with E-state index in [0.717, 1.165) is 38.9 Å². The van der Waals surface area contributed by atoms with Gasteiger partial charge in [-0.1, -0.05) is 5.16 Å². The summed E-state index contributed by atoms with van der Waals surface area (Å²) in [6.07, 6.45) is 3.09. The molecule has 2 unspecified atom stereocenters. The van der Waals surface area contributed by atoms with E-state index in [1.807, 2.05) is 14.1 Å². The van der Waals surface area contributed by atoms with Gasteiger partial charge in [0.25, 0.3) is 11.7 Å². The molecule has 0 saturated carbocycles. The van der Waals surface area contributed by atoms with Crippen molar-refractivity contribution in [1.82, 2.24) is 25.3 Å². The van der Waals surface area contributed by atoms with E-state index < -0.39 is 0 Å². The molecular weight excluding hydrogens is 258 g/mol. The fourth-order valence-electron chi connectivity index (χ4n) is 2.85. The molecule has 2 atom stereocenters. The van der Waals surface area contributed by atoms with Crippen molar-refractivity contribution in [1.29, 1.82) is 0 Å². The number of carbonyl (C=O) groups excluding carboxylic acids is 1. The monoisotopic (exact) mass is 279 g/mol. The van der Waals surface area contributed by atoms with E-state index in [4.69, 9.17) is 4.52 Å². The second-order valence-electron chi connectivity index (χ2n) is 5.76. The number of aromatic nitrogens is 2. The summed E-state index contributed by atoms with van der Waals surface area (Å²) < 4.78 is 5.22. The third-order valence-electron chi connectivity index (χ3n) is 4.17. The quantitative estimate of drug-likeness (QED) is 0.856. The fraction of sp³-hybridized carbons (Fsp3) is 0.769. The predicted octanol–water partition coefficient (Wildman–Crippen LogP) is 0.270. The van der Waals surface area contributed by atoms with Crippen LogP contribution in [0, 0.1) is 0 Å². The summed E-state index contributed by atoms with van der Waals surface area (Å²) in [5.74, 6) is 0.602. The number of likely N-dealkylation sites (tertiary alicyclic amines) is 1. The smallest absolute Gasteiger partial charge is 0.295 e. The minimum Gasteiger partial charge on any atom is -0.337 e. The van der Waals surface area contributed by atoms with Gasteiger partial charge >= 0.3 is 0 Å². The Morgan fingerprint density at radius 1 is 1.45 bits per heavy atom. The molecule has 1 amide bonds. The van der Waals surface area contributed by atoms with Gasteiger partial charge in [-0.05, 0) is 39.9 Å². The summed E-state index contributed by atoms with van der Waals surface area (Å²) in [4.78, 5) is 20.6. The lowest BCUT2D eigenvalue weighted by Crippen LogP contribution is -2.35. The summed E-state index contributed by atoms with van der Waals surface area (Å²) in [7, 11) is 4.08. The van der Waals surface area contributed by atoms with Gasteiger partial charge in [-0.25, -0.2) is 0 Å². The van der Waals surface area contributed by atoms with Gasteiger partial charge in [-0.3, -0.25) is 4.79 Å². The van der Waals surface area contributed by atoms with Crippen molar-refractivity contribution in [2.45, 2.75) is 31.3 Å². The first-order chi connectivity index (χ1) is 9.65. The molecule has 20 heavy (non-hydrogen) atoms. The van der Waals surface area contributed by atoms with Crippen molar-refractivity contribution < 1.29 is 9.32 Å². The standard InChI is InChI=1S/C13H21N5O2/c1-17(2)9-5-7-18(8-9)13(19)11-15-12(20-16-11)10-4-3-6-14-10/h9-10,14H,3-8H2,1-2H3. The van der Waals surface area contributed by atoms with Crippen LogP contribution in [0.15, 0.2) is 4.52 Å². The molecule has 1 N–H and O–H groups in total. The van der Waals surface area contributed by atoms with E-state index in [1.54, 1.807) is 4.90 Å². The summed E-state index contributed by atoms with van der Waals surface area (Å²) >= 11 is 0. The van der Waals surface area contributed by atoms with Crippen LogP contribution in [0.5, 0.6) is 0 Å². The zero-order chi connectivity index (χ0) is 14.1. The maximum Gasteiger partial charge on any atom is 0.295 e. The molecule has 2 saturated heterocycles. The number of hydrogen-bond donors (Lipinski definition) is 1. The Morgan fingerprint density at radius 3 is 2.95 bits per heavy atom. The van der Waals surface area contributed by atoms with Crippen LogP contribution < -0.4 is 5.32 Å². The number of nitrogens with zero attached hydrogens (tertiary/aromatic N) is 4. The minimum atomic E-state index is -0.123. The number of rotatable bonds is 3. The second kappa shape index (κ2) is 5.49. The van der Waals surface area contributed by atoms with Crippen LogP contribution >= 0.6 is 0 Å². The summed E-state index contributed by atoms with van der Waals surface area (Å²) in [5.41, 5.74) is 0. The van der Waals surface area contributed by atoms with Gasteiger partial charge in [0.15, 0.2) is 0 Å². The molecule has 2 fully saturated rings. The third kappa shape index (κ3) is 2.55. The first kappa shape index (κ1) is 13.5. The van der Waals surface area contributed by atoms with Crippen LogP contribution in [0.1, 0.15) is 41.8 Å². The molecule has 2 aliphatic heterocycles. The Hall–Kier alpha value is -1.47. The van der Waals surface area contributed by atoms with E-state index in [9.17, 15) is 4.79 Å². The Bertz CT molecular complexity index is 481. The Labute approximate surface area is 118 Å². The number of carbonyl (C=O) groups is 1. The van der Waals surface area contributed by atoms with Crippen molar-refractivity contribution in [3.8, 4) is 0 Å². The van der Waals surface area contributed by atoms with Gasteiger partial charge < -0.3 is 19.6 Å². The van der Waals surface area contributed by atoms with Crippen molar-refractivity contribution >= 4 is 5.91 Å². The normalized spacial score (nSPS) is 26.6. The van der Waals surface area contributed by atoms with Crippen LogP contribution in [-0.4, -0.2) is 65.6 Å². The zero-order valence-electron chi connectivity index (χ0n) is 12.0. The summed E-state index contributed by atoms with van der Waals surface area (Å²) in [6.45, 7) is 2.46. The Morgan fingerprint density at radius 2 is 2.30 bits per heavy atom. The highest BCUT2D eigenvalue weighted by atomic mass is 16.5. The van der Waals surface area contributed by atoms with Crippen LogP contribution in [0.4, 0.5) is 0 Å². The van der Waals surface area contributed by atoms with E-state index in [1.165, 1.54) is 0 Å². The molecule has 0 aliphatic carbocycles. The molecule has 2 aliphatic rings. The highest BCUT2D eigenvalue weighted by molar-refractivity contribution is 5.90. The average molecular weight is 279 g/mol. The highest BCUT2D eigenvalue weighted by Gasteiger charge is 2.31. The first-order valence-electron chi connectivity index (χ1n) is 7.18. The summed E-state index contributed by atoms with van der Waals surface area (Å²) in [5, 5.41) is 7.13. The third-order valence-corrected chi connectivity index (χ3v) is 4.17. The molecule has 110 valence electrons. The maximum atomic E-state index is 12.3. The predicted molar refractivity (Wildman–Crippen MR) is 72.3 cm³/mol. The van der Waals surface area contributed by atoms with Crippen LogP contribution in [0.25, 0.3) is 0 Å². The topological polar surface area (TPSA) is 74.5 Å². The highest BCUT2D eigenvalue weighted by Crippen LogP contribution is 2.22. The number of hydrogen-bond acceptors (Lipinski definition) is 6. The molecule has 7 heteroatoms. The second-order valence-corrected chi connectivity index (χ2v) is 5.76. The Balaban J connectivity index is 1.65. The molecule has 1 aromatic rings. The van der Waals surface area contributed by atoms with E-state index >= 15 is 0 Å². The molecule has 0 aromatic carbocycles. The van der Waals surface area contributed by atoms with Gasteiger partial charge in [-0.2, -0.15) is 4.98 Å². The molecule has 3 heterocycles. The minimum absolute atomic E-state index is 0.108. The lowest BCUT2D eigenvalue weighted by atomic mass is 10.2. The zero-order valence-corrected chi connectivity index (χ0v) is 12.0. The average Bonchev–Trinajstić information content (AvgIpc) is 3.17. The Kier molecular flexibility index (Phi) is 3.71. The number of nitrogens with one attached hydrogen (secondary N) is 1. The van der Waals surface area contributed by atoms with Crippen LogP contribution in [0.2, 0.25) is 0 Å². The van der Waals surface area contributed by atoms with Gasteiger partial charge in [-0.15, -0.1) is 0 Å². The molecule has 0 bridgehead atoms. The molecule has 0 radical (unpaired) electrons. The number of likely N-dealkylation sites (N-methyl/N-ethyl adjacent to an activating group) is 1. The van der Waals surface area contributed by atoms with Gasteiger partial charge in [0, 0.05) is 19.1 Å². The van der Waals surface area contributed by atoms with Crippen molar-refractivity contribution in [2.24, 2.45) is 0 Å². The van der Waals surface area contributed by atoms with E-state index in [-0.39, 0.29) is 17.8 Å². The van der Waals surface area contributed by atoms with Gasteiger partial charge in [0.05, 0.1) is 6.04 Å². The lowest BCUT2D eigenvalue weighted by Gasteiger charge is -2.19. The fourth-order valence-corrected chi connectivity index (χ4v) is 2.85. The molecule has 1 aromatic heterocycles. The lowest BCUT2D eigenvalue weighted by molar-refractivity contribution is 0.0767. The molecule has 0 spiro atoms. The summed E-state index contributed by atoms with van der Waals surface area (Å²) in [6, 6.07) is 0.527. The number of amides is 1. The molecule has 3 rings (SSSR count). The molecular formula is C13H21N5O2. The van der Waals surface area contributed by atoms with Crippen molar-refractivity contribution in [2.75, 3.05) is 33.7 Å². The van der Waals surface area contributed by atoms with Gasteiger partial charge in [0.2, 0.25) is 5.89 Å². The first-order valence-corrected chi connectivity index (χ1v) is 7.18. The van der Waals surface area contributed by atoms with E-state index in [0.29, 0.717) is 11.9 Å². The maximum absolute atomic E-state index is 12.3. The largest absolute Gasteiger partial charge is 0.337 e. The van der Waals surface area contributed by atoms with Gasteiger partial charge in [0.1, 0.15) is 0 Å².